The third-order valence-corrected chi connectivity index (χ3v) is 4.32. The highest BCUT2D eigenvalue weighted by Gasteiger charge is 2.30. The Kier molecular flexibility index (Phi) is 4.75. The fraction of sp³-hybridized carbons (Fsp3) is 0.500. The molecule has 8 heteroatoms. The number of likely N-dealkylation sites (tertiary alicyclic amines) is 1. The van der Waals surface area contributed by atoms with Gasteiger partial charge in [-0.05, 0) is 25.8 Å². The number of methoxy groups -OCH3 is 1. The first-order valence-electron chi connectivity index (χ1n) is 7.88. The lowest BCUT2D eigenvalue weighted by atomic mass is 9.94. The highest BCUT2D eigenvalue weighted by molar-refractivity contribution is 5.93. The summed E-state index contributed by atoms with van der Waals surface area (Å²) in [7, 11) is 1.57. The van der Waals surface area contributed by atoms with Crippen LogP contribution in [0.4, 0.5) is 0 Å². The minimum Gasteiger partial charge on any atom is -0.380 e. The Morgan fingerprint density at radius 2 is 2.38 bits per heavy atom. The third-order valence-electron chi connectivity index (χ3n) is 4.32. The molecule has 0 aliphatic carbocycles. The number of aryl methyl sites for hydroxylation is 1. The van der Waals surface area contributed by atoms with Crippen molar-refractivity contribution in [2.24, 2.45) is 0 Å². The molecule has 0 unspecified atom stereocenters. The number of hydrogen-bond acceptors (Lipinski definition) is 6. The SMILES string of the molecule is COCc1c(C(=O)N2CCC[C@@H](c3ccnc(=O)[nH]3)C2)noc1C. The molecule has 2 aromatic rings. The zero-order valence-electron chi connectivity index (χ0n) is 13.7. The fourth-order valence-corrected chi connectivity index (χ4v) is 3.06. The number of rotatable bonds is 4. The van der Waals surface area contributed by atoms with Crippen LogP contribution in [-0.2, 0) is 11.3 Å². The average molecular weight is 332 g/mol. The van der Waals surface area contributed by atoms with E-state index in [0.29, 0.717) is 30.1 Å². The molecule has 128 valence electrons. The summed E-state index contributed by atoms with van der Waals surface area (Å²) in [6.45, 7) is 3.23. The van der Waals surface area contributed by atoms with E-state index < -0.39 is 0 Å². The summed E-state index contributed by atoms with van der Waals surface area (Å²) in [5.74, 6) is 0.504. The second-order valence-electron chi connectivity index (χ2n) is 5.92. The van der Waals surface area contributed by atoms with Crippen molar-refractivity contribution in [3.63, 3.8) is 0 Å². The van der Waals surface area contributed by atoms with Crippen LogP contribution in [0.1, 0.15) is 46.3 Å². The van der Waals surface area contributed by atoms with E-state index in [4.69, 9.17) is 9.26 Å². The van der Waals surface area contributed by atoms with Crippen LogP contribution < -0.4 is 5.69 Å². The van der Waals surface area contributed by atoms with Gasteiger partial charge in [0.25, 0.3) is 5.91 Å². The number of carbonyl (C=O) groups is 1. The molecule has 2 aromatic heterocycles. The van der Waals surface area contributed by atoms with Crippen molar-refractivity contribution in [1.29, 1.82) is 0 Å². The number of piperidine rings is 1. The summed E-state index contributed by atoms with van der Waals surface area (Å²) in [5.41, 5.74) is 1.42. The van der Waals surface area contributed by atoms with Gasteiger partial charge < -0.3 is 19.1 Å². The molecule has 8 nitrogen and oxygen atoms in total. The van der Waals surface area contributed by atoms with Crippen LogP contribution in [0.5, 0.6) is 0 Å². The van der Waals surface area contributed by atoms with E-state index >= 15 is 0 Å². The van der Waals surface area contributed by atoms with Crippen LogP contribution in [0.2, 0.25) is 0 Å². The predicted octanol–water partition coefficient (Wildman–Crippen LogP) is 1.23. The number of nitrogens with zero attached hydrogens (tertiary/aromatic N) is 3. The number of carbonyl (C=O) groups excluding carboxylic acids is 1. The second kappa shape index (κ2) is 6.96. The molecule has 0 aromatic carbocycles. The normalized spacial score (nSPS) is 17.9. The van der Waals surface area contributed by atoms with Crippen molar-refractivity contribution in [3.8, 4) is 0 Å². The largest absolute Gasteiger partial charge is 0.380 e. The van der Waals surface area contributed by atoms with Crippen LogP contribution in [0.3, 0.4) is 0 Å². The molecule has 1 amide bonds. The van der Waals surface area contributed by atoms with Crippen molar-refractivity contribution >= 4 is 5.91 Å². The smallest absolute Gasteiger partial charge is 0.345 e. The highest BCUT2D eigenvalue weighted by Crippen LogP contribution is 2.26. The zero-order valence-corrected chi connectivity index (χ0v) is 13.7. The zero-order chi connectivity index (χ0) is 17.1. The van der Waals surface area contributed by atoms with Crippen LogP contribution in [0, 0.1) is 6.92 Å². The van der Waals surface area contributed by atoms with Crippen molar-refractivity contribution in [2.75, 3.05) is 20.2 Å². The Balaban J connectivity index is 1.79. The molecule has 0 radical (unpaired) electrons. The van der Waals surface area contributed by atoms with Crippen molar-refractivity contribution in [2.45, 2.75) is 32.3 Å². The minimum absolute atomic E-state index is 0.0808. The Labute approximate surface area is 138 Å². The molecular formula is C16H20N4O4. The first-order chi connectivity index (χ1) is 11.6. The number of amides is 1. The molecule has 1 aliphatic rings. The molecule has 1 aliphatic heterocycles. The average Bonchev–Trinajstić information content (AvgIpc) is 2.96. The quantitative estimate of drug-likeness (QED) is 0.903. The molecule has 3 heterocycles. The van der Waals surface area contributed by atoms with E-state index in [1.165, 1.54) is 6.20 Å². The monoisotopic (exact) mass is 332 g/mol. The Morgan fingerprint density at radius 1 is 1.54 bits per heavy atom. The Hall–Kier alpha value is -2.48. The lowest BCUT2D eigenvalue weighted by Gasteiger charge is -2.32. The molecule has 3 rings (SSSR count). The van der Waals surface area contributed by atoms with Gasteiger partial charge in [-0.3, -0.25) is 4.79 Å². The summed E-state index contributed by atoms with van der Waals surface area (Å²) >= 11 is 0. The lowest BCUT2D eigenvalue weighted by molar-refractivity contribution is 0.0691. The molecule has 0 bridgehead atoms. The van der Waals surface area contributed by atoms with Gasteiger partial charge in [0.1, 0.15) is 5.76 Å². The van der Waals surface area contributed by atoms with Gasteiger partial charge in [0.2, 0.25) is 0 Å². The van der Waals surface area contributed by atoms with Crippen LogP contribution in [0.15, 0.2) is 21.6 Å². The summed E-state index contributed by atoms with van der Waals surface area (Å²) in [6, 6.07) is 1.79. The number of hydrogen-bond donors (Lipinski definition) is 1. The topological polar surface area (TPSA) is 101 Å². The van der Waals surface area contributed by atoms with E-state index in [1.54, 1.807) is 25.0 Å². The molecule has 1 atom stereocenters. The van der Waals surface area contributed by atoms with Crippen molar-refractivity contribution in [3.05, 3.63) is 45.5 Å². The lowest BCUT2D eigenvalue weighted by Crippen LogP contribution is -2.40. The summed E-state index contributed by atoms with van der Waals surface area (Å²) in [6.07, 6.45) is 3.26. The van der Waals surface area contributed by atoms with Gasteiger partial charge in [-0.25, -0.2) is 9.78 Å². The first-order valence-corrected chi connectivity index (χ1v) is 7.88. The summed E-state index contributed by atoms with van der Waals surface area (Å²) in [5, 5.41) is 3.91. The maximum atomic E-state index is 12.8. The fourth-order valence-electron chi connectivity index (χ4n) is 3.06. The molecular weight excluding hydrogens is 312 g/mol. The van der Waals surface area contributed by atoms with Gasteiger partial charge >= 0.3 is 5.69 Å². The maximum Gasteiger partial charge on any atom is 0.345 e. The number of nitrogens with one attached hydrogen (secondary N) is 1. The molecule has 1 fully saturated rings. The van der Waals surface area contributed by atoms with Gasteiger partial charge in [0.15, 0.2) is 5.69 Å². The van der Waals surface area contributed by atoms with E-state index in [2.05, 4.69) is 15.1 Å². The number of H-pyrrole nitrogens is 1. The van der Waals surface area contributed by atoms with Crippen LogP contribution >= 0.6 is 0 Å². The number of aromatic nitrogens is 3. The van der Waals surface area contributed by atoms with E-state index in [1.807, 2.05) is 0 Å². The Bertz CT molecular complexity index is 782. The standard InChI is InChI=1S/C16H20N4O4/c1-10-12(9-23-2)14(19-24-10)15(21)20-7-3-4-11(8-20)13-5-6-17-16(22)18-13/h5-6,11H,3-4,7-9H2,1-2H3,(H,17,18,22)/t11-/m1/s1. The molecule has 0 saturated carbocycles. The number of ether oxygens (including phenoxy) is 1. The predicted molar refractivity (Wildman–Crippen MR) is 84.7 cm³/mol. The van der Waals surface area contributed by atoms with Gasteiger partial charge in [0, 0.05) is 38.0 Å². The van der Waals surface area contributed by atoms with E-state index in [0.717, 1.165) is 18.5 Å². The second-order valence-corrected chi connectivity index (χ2v) is 5.92. The first kappa shape index (κ1) is 16.4. The van der Waals surface area contributed by atoms with Crippen LogP contribution in [-0.4, -0.2) is 46.1 Å². The van der Waals surface area contributed by atoms with Crippen molar-refractivity contribution < 1.29 is 14.1 Å². The van der Waals surface area contributed by atoms with Gasteiger partial charge in [-0.2, -0.15) is 0 Å². The molecule has 24 heavy (non-hydrogen) atoms. The number of aromatic amines is 1. The molecule has 0 spiro atoms. The van der Waals surface area contributed by atoms with Gasteiger partial charge in [-0.15, -0.1) is 0 Å². The third kappa shape index (κ3) is 3.23. The van der Waals surface area contributed by atoms with Gasteiger partial charge in [0.05, 0.1) is 12.2 Å². The van der Waals surface area contributed by atoms with Crippen LogP contribution in [0.25, 0.3) is 0 Å². The molecule has 1 saturated heterocycles. The molecule has 1 N–H and O–H groups in total. The van der Waals surface area contributed by atoms with E-state index in [9.17, 15) is 9.59 Å². The summed E-state index contributed by atoms with van der Waals surface area (Å²) < 4.78 is 10.3. The van der Waals surface area contributed by atoms with E-state index in [-0.39, 0.29) is 24.1 Å². The maximum absolute atomic E-state index is 12.8. The van der Waals surface area contributed by atoms with Gasteiger partial charge in [-0.1, -0.05) is 5.16 Å². The summed E-state index contributed by atoms with van der Waals surface area (Å²) in [4.78, 5) is 32.4. The Morgan fingerprint density at radius 3 is 3.12 bits per heavy atom. The van der Waals surface area contributed by atoms with Crippen molar-refractivity contribution in [1.82, 2.24) is 20.0 Å². The highest BCUT2D eigenvalue weighted by atomic mass is 16.5. The minimum atomic E-state index is -0.370.